The van der Waals surface area contributed by atoms with Crippen LogP contribution in [0.3, 0.4) is 0 Å². The lowest BCUT2D eigenvalue weighted by Crippen LogP contribution is -2.30. The van der Waals surface area contributed by atoms with Gasteiger partial charge in [-0.1, -0.05) is 62.4 Å². The van der Waals surface area contributed by atoms with Crippen molar-refractivity contribution in [1.82, 2.24) is 20.1 Å². The monoisotopic (exact) mass is 346 g/mol. The van der Waals surface area contributed by atoms with Crippen LogP contribution in [0.5, 0.6) is 0 Å². The van der Waals surface area contributed by atoms with Gasteiger partial charge in [0.15, 0.2) is 5.82 Å². The van der Waals surface area contributed by atoms with Gasteiger partial charge in [-0.05, 0) is 17.0 Å². The molecular weight excluding hydrogens is 324 g/mol. The largest absolute Gasteiger partial charge is 0.337 e. The van der Waals surface area contributed by atoms with Gasteiger partial charge in [-0.15, -0.1) is 0 Å². The fraction of sp³-hybridized carbons (Fsp3) is 0.286. The molecule has 1 fully saturated rings. The summed E-state index contributed by atoms with van der Waals surface area (Å²) in [5.74, 6) is 0.987. The summed E-state index contributed by atoms with van der Waals surface area (Å²) in [7, 11) is 0. The van der Waals surface area contributed by atoms with Crippen molar-refractivity contribution in [1.29, 1.82) is 0 Å². The molecule has 0 unspecified atom stereocenters. The molecule has 5 heteroatoms. The lowest BCUT2D eigenvalue weighted by molar-refractivity contribution is 0.0778. The zero-order valence-corrected chi connectivity index (χ0v) is 15.0. The molecule has 5 nitrogen and oxygen atoms in total. The Bertz CT molecular complexity index is 903. The first-order valence-corrected chi connectivity index (χ1v) is 8.85. The molecule has 0 saturated carbocycles. The minimum atomic E-state index is 0.0260. The van der Waals surface area contributed by atoms with Gasteiger partial charge in [-0.3, -0.25) is 9.89 Å². The van der Waals surface area contributed by atoms with E-state index in [1.54, 1.807) is 0 Å². The molecule has 4 rings (SSSR count). The van der Waals surface area contributed by atoms with E-state index in [4.69, 9.17) is 0 Å². The van der Waals surface area contributed by atoms with E-state index >= 15 is 0 Å². The molecule has 26 heavy (non-hydrogen) atoms. The molecule has 0 spiro atoms. The number of hydrogen-bond donors (Lipinski definition) is 1. The molecule has 1 aliphatic heterocycles. The van der Waals surface area contributed by atoms with Crippen molar-refractivity contribution in [3.8, 4) is 11.4 Å². The highest BCUT2D eigenvalue weighted by Gasteiger charge is 2.42. The lowest BCUT2D eigenvalue weighted by atomic mass is 9.78. The molecule has 2 aromatic carbocycles. The molecule has 2 heterocycles. The van der Waals surface area contributed by atoms with Gasteiger partial charge >= 0.3 is 0 Å². The number of nitrogens with zero attached hydrogens (tertiary/aromatic N) is 3. The maximum absolute atomic E-state index is 13.3. The first-order chi connectivity index (χ1) is 12.6. The number of hydrogen-bond acceptors (Lipinski definition) is 3. The quantitative estimate of drug-likeness (QED) is 0.786. The summed E-state index contributed by atoms with van der Waals surface area (Å²) in [5, 5.41) is 6.77. The zero-order chi connectivity index (χ0) is 18.1. The van der Waals surface area contributed by atoms with Crippen molar-refractivity contribution in [2.24, 2.45) is 5.41 Å². The highest BCUT2D eigenvalue weighted by Crippen LogP contribution is 2.42. The number of nitrogens with one attached hydrogen (secondary N) is 1. The summed E-state index contributed by atoms with van der Waals surface area (Å²) in [5.41, 5.74) is 2.76. The van der Waals surface area contributed by atoms with Crippen molar-refractivity contribution in [2.75, 3.05) is 13.1 Å². The van der Waals surface area contributed by atoms with Gasteiger partial charge in [-0.25, -0.2) is 4.98 Å². The van der Waals surface area contributed by atoms with Gasteiger partial charge in [-0.2, -0.15) is 5.10 Å². The van der Waals surface area contributed by atoms with Crippen LogP contribution in [0, 0.1) is 5.41 Å². The van der Waals surface area contributed by atoms with Crippen molar-refractivity contribution < 1.29 is 4.79 Å². The van der Waals surface area contributed by atoms with E-state index in [9.17, 15) is 4.79 Å². The summed E-state index contributed by atoms with van der Waals surface area (Å²) in [6, 6.07) is 18.0. The summed E-state index contributed by atoms with van der Waals surface area (Å²) in [6.45, 7) is 5.93. The summed E-state index contributed by atoms with van der Waals surface area (Å²) in [6.07, 6.45) is 1.46. The lowest BCUT2D eigenvalue weighted by Gasteiger charge is -2.25. The molecule has 1 aromatic heterocycles. The number of aromatic nitrogens is 3. The van der Waals surface area contributed by atoms with Crippen LogP contribution in [0.1, 0.15) is 35.7 Å². The highest BCUT2D eigenvalue weighted by molar-refractivity contribution is 6.00. The van der Waals surface area contributed by atoms with Gasteiger partial charge in [0.05, 0.1) is 5.56 Å². The van der Waals surface area contributed by atoms with E-state index in [-0.39, 0.29) is 11.3 Å². The molecule has 1 amide bonds. The number of carbonyl (C=O) groups excluding carboxylic acids is 1. The molecule has 0 bridgehead atoms. The Morgan fingerprint density at radius 2 is 1.85 bits per heavy atom. The van der Waals surface area contributed by atoms with Crippen molar-refractivity contribution >= 4 is 5.91 Å². The Balaban J connectivity index is 1.65. The minimum Gasteiger partial charge on any atom is -0.337 e. The topological polar surface area (TPSA) is 61.9 Å². The number of H-pyrrole nitrogens is 1. The van der Waals surface area contributed by atoms with Gasteiger partial charge in [0, 0.05) is 24.6 Å². The van der Waals surface area contributed by atoms with Crippen LogP contribution in [-0.4, -0.2) is 39.1 Å². The Morgan fingerprint density at radius 3 is 2.58 bits per heavy atom. The molecule has 1 aliphatic rings. The Kier molecular flexibility index (Phi) is 4.07. The average molecular weight is 346 g/mol. The number of rotatable bonds is 3. The normalized spacial score (nSPS) is 18.8. The standard InChI is InChI=1S/C21H22N4O/c1-21(2)13-25(12-18(21)15-8-4-3-5-9-15)20(26)17-11-7-6-10-16(17)19-22-14-23-24-19/h3-11,14,18H,12-13H2,1-2H3,(H,22,23,24)/t18-/m1/s1. The number of carbonyl (C=O) groups is 1. The number of benzene rings is 2. The molecule has 0 aliphatic carbocycles. The Morgan fingerprint density at radius 1 is 1.12 bits per heavy atom. The van der Waals surface area contributed by atoms with Crippen LogP contribution in [0.4, 0.5) is 0 Å². The third kappa shape index (κ3) is 2.90. The van der Waals surface area contributed by atoms with E-state index < -0.39 is 0 Å². The summed E-state index contributed by atoms with van der Waals surface area (Å²) in [4.78, 5) is 19.5. The first-order valence-electron chi connectivity index (χ1n) is 8.85. The molecule has 3 aromatic rings. The predicted molar refractivity (Wildman–Crippen MR) is 101 cm³/mol. The predicted octanol–water partition coefficient (Wildman–Crippen LogP) is 3.74. The maximum atomic E-state index is 13.3. The van der Waals surface area contributed by atoms with Crippen LogP contribution in [-0.2, 0) is 0 Å². The average Bonchev–Trinajstić information content (AvgIpc) is 3.29. The zero-order valence-electron chi connectivity index (χ0n) is 15.0. The minimum absolute atomic E-state index is 0.0260. The Labute approximate surface area is 153 Å². The van der Waals surface area contributed by atoms with Crippen molar-refractivity contribution in [3.63, 3.8) is 0 Å². The second kappa shape index (κ2) is 6.41. The van der Waals surface area contributed by atoms with E-state index in [1.165, 1.54) is 11.9 Å². The molecule has 1 N–H and O–H groups in total. The van der Waals surface area contributed by atoms with E-state index in [0.29, 0.717) is 17.3 Å². The van der Waals surface area contributed by atoms with E-state index in [1.807, 2.05) is 35.2 Å². The number of aromatic amines is 1. The van der Waals surface area contributed by atoms with Gasteiger partial charge < -0.3 is 4.90 Å². The van der Waals surface area contributed by atoms with E-state index in [0.717, 1.165) is 18.7 Å². The van der Waals surface area contributed by atoms with Gasteiger partial charge in [0.1, 0.15) is 6.33 Å². The third-order valence-electron chi connectivity index (χ3n) is 5.26. The molecule has 1 atom stereocenters. The first kappa shape index (κ1) is 16.5. The second-order valence-corrected chi connectivity index (χ2v) is 7.52. The Hall–Kier alpha value is -2.95. The van der Waals surface area contributed by atoms with Crippen LogP contribution in [0.25, 0.3) is 11.4 Å². The van der Waals surface area contributed by atoms with Crippen molar-refractivity contribution in [2.45, 2.75) is 19.8 Å². The number of amides is 1. The van der Waals surface area contributed by atoms with Gasteiger partial charge in [0.25, 0.3) is 5.91 Å². The molecular formula is C21H22N4O. The van der Waals surface area contributed by atoms with Crippen LogP contribution >= 0.6 is 0 Å². The van der Waals surface area contributed by atoms with Crippen LogP contribution in [0.15, 0.2) is 60.9 Å². The van der Waals surface area contributed by atoms with Crippen molar-refractivity contribution in [3.05, 3.63) is 72.1 Å². The highest BCUT2D eigenvalue weighted by atomic mass is 16.2. The third-order valence-corrected chi connectivity index (χ3v) is 5.26. The van der Waals surface area contributed by atoms with E-state index in [2.05, 4.69) is 53.3 Å². The molecule has 0 radical (unpaired) electrons. The van der Waals surface area contributed by atoms with Gasteiger partial charge in [0.2, 0.25) is 0 Å². The maximum Gasteiger partial charge on any atom is 0.254 e. The fourth-order valence-electron chi connectivity index (χ4n) is 3.91. The fourth-order valence-corrected chi connectivity index (χ4v) is 3.91. The SMILES string of the molecule is CC1(C)CN(C(=O)c2ccccc2-c2ncn[nH]2)C[C@@H]1c1ccccc1. The van der Waals surface area contributed by atoms with Crippen LogP contribution in [0.2, 0.25) is 0 Å². The summed E-state index contributed by atoms with van der Waals surface area (Å²) < 4.78 is 0. The smallest absolute Gasteiger partial charge is 0.254 e. The van der Waals surface area contributed by atoms with Crippen LogP contribution < -0.4 is 0 Å². The number of likely N-dealkylation sites (tertiary alicyclic amines) is 1. The summed E-state index contributed by atoms with van der Waals surface area (Å²) >= 11 is 0. The second-order valence-electron chi connectivity index (χ2n) is 7.52. The molecule has 132 valence electrons. The molecule has 1 saturated heterocycles.